The van der Waals surface area contributed by atoms with E-state index in [1.54, 1.807) is 22.8 Å². The third-order valence-electron chi connectivity index (χ3n) is 5.48. The van der Waals surface area contributed by atoms with E-state index in [-0.39, 0.29) is 10.5 Å². The van der Waals surface area contributed by atoms with Crippen LogP contribution in [0, 0.1) is 13.8 Å². The molecule has 2 aromatic carbocycles. The lowest BCUT2D eigenvalue weighted by Crippen LogP contribution is -2.24. The fourth-order valence-electron chi connectivity index (χ4n) is 3.48. The number of rotatable bonds is 7. The highest BCUT2D eigenvalue weighted by atomic mass is 32.2. The van der Waals surface area contributed by atoms with Gasteiger partial charge in [-0.05, 0) is 42.7 Å². The van der Waals surface area contributed by atoms with E-state index in [1.807, 2.05) is 50.2 Å². The third kappa shape index (κ3) is 4.77. The van der Waals surface area contributed by atoms with Gasteiger partial charge in [-0.1, -0.05) is 54.2 Å². The predicted molar refractivity (Wildman–Crippen MR) is 136 cm³/mol. The maximum absolute atomic E-state index is 13.5. The molecule has 4 rings (SSSR count). The van der Waals surface area contributed by atoms with E-state index in [4.69, 9.17) is 4.98 Å². The van der Waals surface area contributed by atoms with Crippen molar-refractivity contribution in [2.75, 3.05) is 14.1 Å². The van der Waals surface area contributed by atoms with Crippen molar-refractivity contribution in [3.05, 3.63) is 86.5 Å². The Bertz CT molecular complexity index is 1470. The van der Waals surface area contributed by atoms with Gasteiger partial charge in [0.15, 0.2) is 5.16 Å². The maximum atomic E-state index is 13.5. The topological polar surface area (TPSA) is 72.3 Å². The summed E-state index contributed by atoms with van der Waals surface area (Å²) in [6, 6.07) is 16.7. The molecule has 0 aliphatic rings. The summed E-state index contributed by atoms with van der Waals surface area (Å²) in [6.45, 7) is 4.40. The lowest BCUT2D eigenvalue weighted by molar-refractivity contribution is 0.520. The smallest absolute Gasteiger partial charge is 0.263 e. The average Bonchev–Trinajstić information content (AvgIpc) is 3.08. The minimum absolute atomic E-state index is 0.0443. The molecule has 4 aromatic rings. The third-order valence-corrected chi connectivity index (χ3v) is 9.44. The number of fused-ring (bicyclic) bond motifs is 1. The van der Waals surface area contributed by atoms with Crippen LogP contribution in [0.1, 0.15) is 21.6 Å². The molecule has 0 bridgehead atoms. The van der Waals surface area contributed by atoms with Crippen LogP contribution in [-0.4, -0.2) is 36.4 Å². The number of nitrogens with zero attached hydrogens (tertiary/aromatic N) is 3. The Morgan fingerprint density at radius 3 is 2.42 bits per heavy atom. The summed E-state index contributed by atoms with van der Waals surface area (Å²) in [6.07, 6.45) is 0. The predicted octanol–water partition coefficient (Wildman–Crippen LogP) is 4.67. The number of aryl methyl sites for hydroxylation is 2. The van der Waals surface area contributed by atoms with E-state index in [9.17, 15) is 13.2 Å². The van der Waals surface area contributed by atoms with E-state index < -0.39 is 10.0 Å². The summed E-state index contributed by atoms with van der Waals surface area (Å²) in [5, 5.41) is 1.30. The summed E-state index contributed by atoms with van der Waals surface area (Å²) in [4.78, 5) is 20.4. The van der Waals surface area contributed by atoms with Crippen LogP contribution in [0.25, 0.3) is 10.2 Å². The van der Waals surface area contributed by atoms with Gasteiger partial charge in [0.05, 0.1) is 16.8 Å². The Labute approximate surface area is 202 Å². The molecule has 6 nitrogen and oxygen atoms in total. The highest BCUT2D eigenvalue weighted by Crippen LogP contribution is 2.30. The van der Waals surface area contributed by atoms with Crippen molar-refractivity contribution in [2.45, 2.75) is 36.2 Å². The summed E-state index contributed by atoms with van der Waals surface area (Å²) in [5.74, 6) is 0.493. The Hall–Kier alpha value is -2.46. The van der Waals surface area contributed by atoms with Crippen LogP contribution >= 0.6 is 23.1 Å². The van der Waals surface area contributed by atoms with Crippen molar-refractivity contribution in [1.29, 1.82) is 0 Å². The van der Waals surface area contributed by atoms with Crippen molar-refractivity contribution in [3.63, 3.8) is 0 Å². The van der Waals surface area contributed by atoms with Crippen LogP contribution in [0.3, 0.4) is 0 Å². The maximum Gasteiger partial charge on any atom is 0.263 e. The normalized spacial score (nSPS) is 12.0. The van der Waals surface area contributed by atoms with Gasteiger partial charge in [-0.25, -0.2) is 17.7 Å². The van der Waals surface area contributed by atoms with Gasteiger partial charge in [0.25, 0.3) is 5.56 Å². The van der Waals surface area contributed by atoms with E-state index in [2.05, 4.69) is 0 Å². The first kappa shape index (κ1) is 23.7. The van der Waals surface area contributed by atoms with E-state index in [0.29, 0.717) is 22.8 Å². The van der Waals surface area contributed by atoms with Gasteiger partial charge in [0.1, 0.15) is 4.83 Å². The molecule has 0 fully saturated rings. The fraction of sp³-hybridized carbons (Fsp3) is 0.250. The minimum Gasteiger partial charge on any atom is -0.283 e. The van der Waals surface area contributed by atoms with Crippen molar-refractivity contribution in [3.8, 4) is 0 Å². The number of thioether (sulfide) groups is 1. The molecule has 0 atom stereocenters. The molecule has 2 heterocycles. The van der Waals surface area contributed by atoms with Crippen LogP contribution < -0.4 is 5.56 Å². The zero-order chi connectivity index (χ0) is 23.8. The van der Waals surface area contributed by atoms with Gasteiger partial charge >= 0.3 is 0 Å². The molecule has 172 valence electrons. The monoisotopic (exact) mass is 499 g/mol. The van der Waals surface area contributed by atoms with Gasteiger partial charge in [-0.3, -0.25) is 9.36 Å². The molecule has 2 aromatic heterocycles. The van der Waals surface area contributed by atoms with Crippen LogP contribution in [-0.2, 0) is 22.3 Å². The number of thiophene rings is 1. The Morgan fingerprint density at radius 1 is 1.03 bits per heavy atom. The number of sulfonamides is 1. The standard InChI is InChI=1S/C24H25N3O3S3/c1-16-17(2)32-22-21(16)23(28)27(14-18-9-6-5-7-10-18)24(25-22)31-15-19-11-8-12-20(13-19)33(29,30)26(3)4/h5-13H,14-15H2,1-4H3. The molecule has 33 heavy (non-hydrogen) atoms. The van der Waals surface area contributed by atoms with Gasteiger partial charge in [-0.2, -0.15) is 0 Å². The van der Waals surface area contributed by atoms with E-state index in [1.165, 1.54) is 41.5 Å². The Balaban J connectivity index is 1.73. The highest BCUT2D eigenvalue weighted by Gasteiger charge is 2.19. The van der Waals surface area contributed by atoms with Crippen LogP contribution in [0.15, 0.2) is 69.4 Å². The summed E-state index contributed by atoms with van der Waals surface area (Å²) in [7, 11) is -0.480. The van der Waals surface area contributed by atoms with Crippen molar-refractivity contribution < 1.29 is 8.42 Å². The summed E-state index contributed by atoms with van der Waals surface area (Å²) < 4.78 is 27.9. The fourth-order valence-corrected chi connectivity index (χ4v) is 6.46. The molecule has 0 amide bonds. The Morgan fingerprint density at radius 2 is 1.73 bits per heavy atom. The molecule has 0 saturated heterocycles. The molecular weight excluding hydrogens is 474 g/mol. The number of benzene rings is 2. The van der Waals surface area contributed by atoms with Gasteiger partial charge < -0.3 is 0 Å². The molecule has 0 aliphatic carbocycles. The molecule has 0 aliphatic heterocycles. The van der Waals surface area contributed by atoms with Crippen LogP contribution in [0.4, 0.5) is 0 Å². The second-order valence-corrected chi connectivity index (χ2v) is 12.3. The molecule has 0 unspecified atom stereocenters. The SMILES string of the molecule is Cc1sc2nc(SCc3cccc(S(=O)(=O)N(C)C)c3)n(Cc3ccccc3)c(=O)c2c1C. The molecular formula is C24H25N3O3S3. The first-order chi connectivity index (χ1) is 15.7. The first-order valence-electron chi connectivity index (χ1n) is 10.4. The second-order valence-electron chi connectivity index (χ2n) is 7.96. The minimum atomic E-state index is -3.51. The summed E-state index contributed by atoms with van der Waals surface area (Å²) >= 11 is 2.97. The van der Waals surface area contributed by atoms with Gasteiger partial charge in [-0.15, -0.1) is 11.3 Å². The zero-order valence-electron chi connectivity index (χ0n) is 18.9. The van der Waals surface area contributed by atoms with Gasteiger partial charge in [0, 0.05) is 24.7 Å². The lowest BCUT2D eigenvalue weighted by Gasteiger charge is -2.14. The average molecular weight is 500 g/mol. The first-order valence-corrected chi connectivity index (χ1v) is 13.6. The second kappa shape index (κ2) is 9.42. The lowest BCUT2D eigenvalue weighted by atomic mass is 10.2. The zero-order valence-corrected chi connectivity index (χ0v) is 21.4. The van der Waals surface area contributed by atoms with E-state index in [0.717, 1.165) is 26.4 Å². The van der Waals surface area contributed by atoms with Crippen molar-refractivity contribution >= 4 is 43.3 Å². The van der Waals surface area contributed by atoms with E-state index >= 15 is 0 Å². The molecule has 0 saturated carbocycles. The van der Waals surface area contributed by atoms with Crippen LogP contribution in [0.2, 0.25) is 0 Å². The number of hydrogen-bond donors (Lipinski definition) is 0. The van der Waals surface area contributed by atoms with Crippen molar-refractivity contribution in [1.82, 2.24) is 13.9 Å². The van der Waals surface area contributed by atoms with Crippen molar-refractivity contribution in [2.24, 2.45) is 0 Å². The molecule has 0 spiro atoms. The summed E-state index contributed by atoms with van der Waals surface area (Å²) in [5.41, 5.74) is 2.80. The molecule has 9 heteroatoms. The largest absolute Gasteiger partial charge is 0.283 e. The number of aromatic nitrogens is 2. The Kier molecular flexibility index (Phi) is 6.76. The van der Waals surface area contributed by atoms with Gasteiger partial charge in [0.2, 0.25) is 10.0 Å². The quantitative estimate of drug-likeness (QED) is 0.273. The molecule has 0 N–H and O–H groups in total. The highest BCUT2D eigenvalue weighted by molar-refractivity contribution is 7.98. The van der Waals surface area contributed by atoms with Crippen LogP contribution in [0.5, 0.6) is 0 Å². The number of hydrogen-bond acceptors (Lipinski definition) is 6. The molecule has 0 radical (unpaired) electrons.